The maximum Gasteiger partial charge on any atom is 0.248 e. The van der Waals surface area contributed by atoms with Crippen LogP contribution in [0.4, 0.5) is 8.78 Å². The number of carbonyl (C=O) groups excluding carboxylic acids is 1. The summed E-state index contributed by atoms with van der Waals surface area (Å²) in [6.45, 7) is 1.92. The molecule has 6 heteroatoms. The van der Waals surface area contributed by atoms with Crippen molar-refractivity contribution in [2.45, 2.75) is 45.1 Å². The van der Waals surface area contributed by atoms with Crippen LogP contribution < -0.4 is 0 Å². The topological polar surface area (TPSA) is 53.7 Å². The Morgan fingerprint density at radius 2 is 2.29 bits per heavy atom. The number of aliphatic hydroxyl groups is 1. The SMILES string of the molecule is Cc1ccc(CN(CCO)C(=O)C2CCCC(F)(F)C2)o1. The molecule has 2 rings (SSSR count). The van der Waals surface area contributed by atoms with Crippen LogP contribution in [0.1, 0.15) is 37.2 Å². The van der Waals surface area contributed by atoms with Crippen molar-refractivity contribution in [1.82, 2.24) is 4.90 Å². The van der Waals surface area contributed by atoms with Crippen molar-refractivity contribution in [2.75, 3.05) is 13.2 Å². The number of aliphatic hydroxyl groups excluding tert-OH is 1. The minimum Gasteiger partial charge on any atom is -0.464 e. The molecule has 0 radical (unpaired) electrons. The molecule has 1 fully saturated rings. The Labute approximate surface area is 122 Å². The second-order valence-corrected chi connectivity index (χ2v) is 5.64. The van der Waals surface area contributed by atoms with Crippen LogP contribution in [0.15, 0.2) is 16.5 Å². The number of amides is 1. The van der Waals surface area contributed by atoms with Crippen LogP contribution in [-0.4, -0.2) is 35.0 Å². The standard InChI is InChI=1S/C15H21F2NO3/c1-11-4-5-13(21-11)10-18(7-8-19)14(20)12-3-2-6-15(16,17)9-12/h4-5,12,19H,2-3,6-10H2,1H3. The van der Waals surface area contributed by atoms with E-state index in [-0.39, 0.29) is 32.0 Å². The number of hydrogen-bond acceptors (Lipinski definition) is 3. The highest BCUT2D eigenvalue weighted by Gasteiger charge is 2.40. The van der Waals surface area contributed by atoms with Crippen molar-refractivity contribution in [2.24, 2.45) is 5.92 Å². The van der Waals surface area contributed by atoms with Gasteiger partial charge in [-0.05, 0) is 31.9 Å². The average molecular weight is 301 g/mol. The molecule has 1 N–H and O–H groups in total. The molecular weight excluding hydrogens is 280 g/mol. The van der Waals surface area contributed by atoms with Gasteiger partial charge in [0.1, 0.15) is 11.5 Å². The van der Waals surface area contributed by atoms with Crippen molar-refractivity contribution in [3.05, 3.63) is 23.7 Å². The van der Waals surface area contributed by atoms with Crippen LogP contribution in [-0.2, 0) is 11.3 Å². The molecule has 21 heavy (non-hydrogen) atoms. The minimum absolute atomic E-state index is 0.126. The summed E-state index contributed by atoms with van der Waals surface area (Å²) in [5, 5.41) is 9.10. The highest BCUT2D eigenvalue weighted by molar-refractivity contribution is 5.79. The van der Waals surface area contributed by atoms with Gasteiger partial charge in [0, 0.05) is 25.3 Å². The second kappa shape index (κ2) is 6.56. The van der Waals surface area contributed by atoms with Gasteiger partial charge in [0.05, 0.1) is 13.2 Å². The van der Waals surface area contributed by atoms with E-state index in [1.165, 1.54) is 4.90 Å². The van der Waals surface area contributed by atoms with Gasteiger partial charge in [-0.15, -0.1) is 0 Å². The third-order valence-electron chi connectivity index (χ3n) is 3.81. The predicted molar refractivity (Wildman–Crippen MR) is 72.9 cm³/mol. The van der Waals surface area contributed by atoms with Crippen LogP contribution in [0.3, 0.4) is 0 Å². The lowest BCUT2D eigenvalue weighted by Crippen LogP contribution is -2.41. The Balaban J connectivity index is 2.04. The quantitative estimate of drug-likeness (QED) is 0.910. The van der Waals surface area contributed by atoms with Gasteiger partial charge in [0.25, 0.3) is 0 Å². The molecule has 0 aliphatic heterocycles. The molecule has 4 nitrogen and oxygen atoms in total. The van der Waals surface area contributed by atoms with E-state index in [4.69, 9.17) is 9.52 Å². The number of halogens is 2. The highest BCUT2D eigenvalue weighted by atomic mass is 19.3. The zero-order valence-electron chi connectivity index (χ0n) is 12.1. The minimum atomic E-state index is -2.76. The second-order valence-electron chi connectivity index (χ2n) is 5.64. The molecule has 1 saturated carbocycles. The molecule has 0 saturated heterocycles. The fraction of sp³-hybridized carbons (Fsp3) is 0.667. The summed E-state index contributed by atoms with van der Waals surface area (Å²) >= 11 is 0. The number of rotatable bonds is 5. The Morgan fingerprint density at radius 3 is 2.86 bits per heavy atom. The summed E-state index contributed by atoms with van der Waals surface area (Å²) in [5.41, 5.74) is 0. The lowest BCUT2D eigenvalue weighted by Gasteiger charge is -2.32. The van der Waals surface area contributed by atoms with E-state index < -0.39 is 18.3 Å². The summed E-state index contributed by atoms with van der Waals surface area (Å²) in [6, 6.07) is 3.54. The van der Waals surface area contributed by atoms with Crippen LogP contribution in [0.25, 0.3) is 0 Å². The Hall–Kier alpha value is -1.43. The largest absolute Gasteiger partial charge is 0.464 e. The monoisotopic (exact) mass is 301 g/mol. The maximum atomic E-state index is 13.5. The number of furan rings is 1. The summed E-state index contributed by atoms with van der Waals surface area (Å²) in [5.74, 6) is -2.43. The smallest absolute Gasteiger partial charge is 0.248 e. The van der Waals surface area contributed by atoms with Gasteiger partial charge >= 0.3 is 0 Å². The lowest BCUT2D eigenvalue weighted by atomic mass is 9.85. The molecule has 1 atom stereocenters. The number of alkyl halides is 2. The van der Waals surface area contributed by atoms with Gasteiger partial charge in [-0.25, -0.2) is 8.78 Å². The van der Waals surface area contributed by atoms with Crippen molar-refractivity contribution < 1.29 is 23.1 Å². The summed E-state index contributed by atoms with van der Waals surface area (Å²) in [6.07, 6.45) is 0.295. The molecule has 1 aromatic rings. The molecule has 1 heterocycles. The molecule has 1 aliphatic carbocycles. The van der Waals surface area contributed by atoms with Crippen LogP contribution in [0, 0.1) is 12.8 Å². The molecule has 1 unspecified atom stereocenters. The van der Waals surface area contributed by atoms with Crippen LogP contribution in [0.5, 0.6) is 0 Å². The first-order valence-electron chi connectivity index (χ1n) is 7.24. The lowest BCUT2D eigenvalue weighted by molar-refractivity contribution is -0.144. The van der Waals surface area contributed by atoms with Crippen LogP contribution in [0.2, 0.25) is 0 Å². The third kappa shape index (κ3) is 4.27. The highest BCUT2D eigenvalue weighted by Crippen LogP contribution is 2.37. The fourth-order valence-electron chi connectivity index (χ4n) is 2.79. The van der Waals surface area contributed by atoms with Gasteiger partial charge in [-0.1, -0.05) is 0 Å². The van der Waals surface area contributed by atoms with Gasteiger partial charge in [0.2, 0.25) is 11.8 Å². The van der Waals surface area contributed by atoms with Crippen molar-refractivity contribution >= 4 is 5.91 Å². The molecule has 1 amide bonds. The average Bonchev–Trinajstić information content (AvgIpc) is 2.82. The zero-order valence-corrected chi connectivity index (χ0v) is 12.1. The molecule has 118 valence electrons. The number of hydrogen-bond donors (Lipinski definition) is 1. The molecule has 1 aliphatic rings. The molecular formula is C15H21F2NO3. The van der Waals surface area contributed by atoms with E-state index in [2.05, 4.69) is 0 Å². The van der Waals surface area contributed by atoms with Gasteiger partial charge < -0.3 is 14.4 Å². The molecule has 0 aromatic carbocycles. The summed E-state index contributed by atoms with van der Waals surface area (Å²) in [4.78, 5) is 13.8. The van der Waals surface area contributed by atoms with Gasteiger partial charge in [0.15, 0.2) is 0 Å². The maximum absolute atomic E-state index is 13.5. The van der Waals surface area contributed by atoms with Crippen molar-refractivity contribution in [1.29, 1.82) is 0 Å². The number of aryl methyl sites for hydroxylation is 1. The van der Waals surface area contributed by atoms with E-state index in [1.807, 2.05) is 0 Å². The van der Waals surface area contributed by atoms with Crippen molar-refractivity contribution in [3.8, 4) is 0 Å². The summed E-state index contributed by atoms with van der Waals surface area (Å²) in [7, 11) is 0. The van der Waals surface area contributed by atoms with E-state index >= 15 is 0 Å². The van der Waals surface area contributed by atoms with E-state index in [0.717, 1.165) is 5.76 Å². The Kier molecular flexibility index (Phi) is 4.98. The molecule has 1 aromatic heterocycles. The summed E-state index contributed by atoms with van der Waals surface area (Å²) < 4.78 is 32.3. The normalized spacial score (nSPS) is 21.2. The number of nitrogens with zero attached hydrogens (tertiary/aromatic N) is 1. The first-order chi connectivity index (χ1) is 9.91. The number of carbonyl (C=O) groups is 1. The van der Waals surface area contributed by atoms with E-state index in [0.29, 0.717) is 18.6 Å². The van der Waals surface area contributed by atoms with Crippen LogP contribution >= 0.6 is 0 Å². The fourth-order valence-corrected chi connectivity index (χ4v) is 2.79. The predicted octanol–water partition coefficient (Wildman–Crippen LogP) is 2.73. The Bertz CT molecular complexity index is 487. The van der Waals surface area contributed by atoms with Crippen molar-refractivity contribution in [3.63, 3.8) is 0 Å². The van der Waals surface area contributed by atoms with E-state index in [9.17, 15) is 13.6 Å². The molecule has 0 spiro atoms. The third-order valence-corrected chi connectivity index (χ3v) is 3.81. The van der Waals surface area contributed by atoms with Gasteiger partial charge in [-0.2, -0.15) is 0 Å². The zero-order chi connectivity index (χ0) is 15.5. The first kappa shape index (κ1) is 15.9. The first-order valence-corrected chi connectivity index (χ1v) is 7.24. The molecule has 0 bridgehead atoms. The van der Waals surface area contributed by atoms with Gasteiger partial charge in [-0.3, -0.25) is 4.79 Å². The Morgan fingerprint density at radius 1 is 1.52 bits per heavy atom. The van der Waals surface area contributed by atoms with E-state index in [1.54, 1.807) is 19.1 Å².